The highest BCUT2D eigenvalue weighted by Crippen LogP contribution is 2.54. The van der Waals surface area contributed by atoms with Gasteiger partial charge in [0.05, 0.1) is 18.5 Å². The molecule has 1 unspecified atom stereocenters. The zero-order valence-electron chi connectivity index (χ0n) is 25.2. The Kier molecular flexibility index (Phi) is 11.7. The van der Waals surface area contributed by atoms with E-state index < -0.39 is 82.6 Å². The molecule has 0 radical (unpaired) electrons. The van der Waals surface area contributed by atoms with Gasteiger partial charge in [0.2, 0.25) is 13.6 Å². The van der Waals surface area contributed by atoms with Crippen molar-refractivity contribution >= 4 is 31.8 Å². The molecule has 250 valence electrons. The standard InChI is InChI=1S/C24H37F2N4O13P/c1-8-35-18-16-17(28-15(6)29-18)30(10-27-16)20-23(7,33)19(25)24(26,43-20)9-38-44(34,39-11-36-21(31)41-13(2)3)40-12-37-22(32)42-14(4)5/h10,13-14,18-20,33H,8-9,11-12H2,1-7H3,(H,28,29)/t18?,19-,20+,23+,24+/m0/s1. The Morgan fingerprint density at radius 3 is 2.23 bits per heavy atom. The molecule has 3 heterocycles. The summed E-state index contributed by atoms with van der Waals surface area (Å²) in [6.07, 6.45) is -7.65. The molecular formula is C24H37F2N4O13P. The lowest BCUT2D eigenvalue weighted by Gasteiger charge is -2.28. The number of phosphoric ester groups is 1. The number of aliphatic hydroxyl groups is 1. The highest BCUT2D eigenvalue weighted by Gasteiger charge is 2.65. The monoisotopic (exact) mass is 658 g/mol. The maximum Gasteiger partial charge on any atom is 0.510 e. The molecule has 1 aromatic rings. The lowest BCUT2D eigenvalue weighted by molar-refractivity contribution is -0.196. The number of ether oxygens (including phenoxy) is 6. The van der Waals surface area contributed by atoms with Crippen molar-refractivity contribution in [1.29, 1.82) is 0 Å². The van der Waals surface area contributed by atoms with Crippen molar-refractivity contribution in [3.63, 3.8) is 0 Å². The molecule has 5 atom stereocenters. The van der Waals surface area contributed by atoms with Crippen molar-refractivity contribution in [3.8, 4) is 0 Å². The van der Waals surface area contributed by atoms with Gasteiger partial charge in [-0.15, -0.1) is 0 Å². The zero-order chi connectivity index (χ0) is 32.9. The average molecular weight is 659 g/mol. The number of aromatic nitrogens is 2. The van der Waals surface area contributed by atoms with Crippen molar-refractivity contribution < 1.29 is 70.0 Å². The molecule has 2 aliphatic heterocycles. The number of phosphoric acid groups is 1. The van der Waals surface area contributed by atoms with Crippen LogP contribution in [-0.4, -0.2) is 89.4 Å². The van der Waals surface area contributed by atoms with E-state index in [4.69, 9.17) is 32.5 Å². The third-order valence-electron chi connectivity index (χ3n) is 5.80. The normalized spacial score (nSPS) is 26.6. The van der Waals surface area contributed by atoms with Crippen molar-refractivity contribution in [2.45, 2.75) is 90.8 Å². The molecule has 0 saturated carbocycles. The summed E-state index contributed by atoms with van der Waals surface area (Å²) in [4.78, 5) is 31.8. The molecule has 1 saturated heterocycles. The molecule has 0 aliphatic carbocycles. The van der Waals surface area contributed by atoms with Gasteiger partial charge in [0.1, 0.15) is 23.7 Å². The Morgan fingerprint density at radius 2 is 1.70 bits per heavy atom. The van der Waals surface area contributed by atoms with Crippen LogP contribution in [0.15, 0.2) is 11.3 Å². The second-order valence-electron chi connectivity index (χ2n) is 10.2. The number of imidazole rings is 1. The Hall–Kier alpha value is -2.93. The zero-order valence-corrected chi connectivity index (χ0v) is 26.1. The SMILES string of the molecule is CCOC1NC(C)=Nc2c1ncn2[C@@H]1O[C@](F)(COP(=O)(OCOC(=O)OC(C)C)OCOC(=O)OC(C)C)[C@@H](F)[C@@]1(C)O. The Balaban J connectivity index is 1.77. The lowest BCUT2D eigenvalue weighted by atomic mass is 9.97. The van der Waals surface area contributed by atoms with Crippen LogP contribution in [-0.2, 0) is 46.6 Å². The molecule has 3 rings (SSSR count). The van der Waals surface area contributed by atoms with Gasteiger partial charge in [0, 0.05) is 6.61 Å². The fourth-order valence-corrected chi connectivity index (χ4v) is 4.88. The van der Waals surface area contributed by atoms with Crippen LogP contribution < -0.4 is 5.32 Å². The van der Waals surface area contributed by atoms with Crippen molar-refractivity contribution in [2.75, 3.05) is 26.8 Å². The van der Waals surface area contributed by atoms with Crippen LogP contribution in [0.4, 0.5) is 24.2 Å². The molecule has 17 nitrogen and oxygen atoms in total. The van der Waals surface area contributed by atoms with E-state index in [2.05, 4.69) is 24.8 Å². The van der Waals surface area contributed by atoms with Gasteiger partial charge in [-0.25, -0.2) is 42.0 Å². The van der Waals surface area contributed by atoms with E-state index in [0.717, 1.165) is 17.8 Å². The number of aliphatic imine (C=N–C) groups is 1. The molecule has 20 heteroatoms. The number of hydrogen-bond donors (Lipinski definition) is 2. The van der Waals surface area contributed by atoms with Gasteiger partial charge in [-0.05, 0) is 48.5 Å². The van der Waals surface area contributed by atoms with Gasteiger partial charge in [0.25, 0.3) is 5.85 Å². The molecule has 44 heavy (non-hydrogen) atoms. The minimum absolute atomic E-state index is 0.107. The molecule has 0 bridgehead atoms. The van der Waals surface area contributed by atoms with Crippen molar-refractivity contribution in [2.24, 2.45) is 4.99 Å². The van der Waals surface area contributed by atoms with Gasteiger partial charge in [-0.1, -0.05) is 0 Å². The molecule has 0 amide bonds. The molecule has 0 spiro atoms. The lowest BCUT2D eigenvalue weighted by Crippen LogP contribution is -2.46. The summed E-state index contributed by atoms with van der Waals surface area (Å²) in [5, 5.41) is 14.0. The van der Waals surface area contributed by atoms with E-state index in [1.54, 1.807) is 13.8 Å². The molecule has 2 aliphatic rings. The van der Waals surface area contributed by atoms with E-state index in [0.29, 0.717) is 12.4 Å². The van der Waals surface area contributed by atoms with Gasteiger partial charge in [-0.3, -0.25) is 9.09 Å². The van der Waals surface area contributed by atoms with Crippen molar-refractivity contribution in [3.05, 3.63) is 12.0 Å². The van der Waals surface area contributed by atoms with Crippen LogP contribution in [0.3, 0.4) is 0 Å². The maximum absolute atomic E-state index is 16.0. The Labute approximate surface area is 251 Å². The number of alkyl halides is 2. The van der Waals surface area contributed by atoms with E-state index in [9.17, 15) is 19.3 Å². The number of carbonyl (C=O) groups is 2. The van der Waals surface area contributed by atoms with Crippen LogP contribution in [0.2, 0.25) is 0 Å². The summed E-state index contributed by atoms with van der Waals surface area (Å²) in [6.45, 7) is 7.14. The Bertz CT molecular complexity index is 1210. The molecule has 1 fully saturated rings. The number of nitrogens with zero attached hydrogens (tertiary/aromatic N) is 3. The second kappa shape index (κ2) is 14.4. The van der Waals surface area contributed by atoms with Crippen LogP contribution in [0.25, 0.3) is 0 Å². The predicted molar refractivity (Wildman–Crippen MR) is 143 cm³/mol. The van der Waals surface area contributed by atoms with E-state index >= 15 is 8.78 Å². The smallest absolute Gasteiger partial charge is 0.432 e. The third-order valence-corrected chi connectivity index (χ3v) is 7.09. The fourth-order valence-electron chi connectivity index (χ4n) is 3.96. The van der Waals surface area contributed by atoms with Crippen LogP contribution in [0, 0.1) is 0 Å². The first kappa shape index (κ1) is 35.5. The minimum Gasteiger partial charge on any atom is -0.432 e. The molecule has 2 N–H and O–H groups in total. The fraction of sp³-hybridized carbons (Fsp3) is 0.750. The first-order chi connectivity index (χ1) is 20.5. The van der Waals surface area contributed by atoms with Gasteiger partial charge >= 0.3 is 20.1 Å². The average Bonchev–Trinajstić information content (AvgIpc) is 3.39. The Morgan fingerprint density at radius 1 is 1.14 bits per heavy atom. The summed E-state index contributed by atoms with van der Waals surface area (Å²) < 4.78 is 90.2. The number of fused-ring (bicyclic) bond motifs is 1. The van der Waals surface area contributed by atoms with Crippen LogP contribution in [0.1, 0.15) is 66.6 Å². The van der Waals surface area contributed by atoms with Crippen LogP contribution >= 0.6 is 7.82 Å². The van der Waals surface area contributed by atoms with E-state index in [1.807, 2.05) is 0 Å². The van der Waals surface area contributed by atoms with Gasteiger partial charge < -0.3 is 38.8 Å². The highest BCUT2D eigenvalue weighted by atomic mass is 31.2. The summed E-state index contributed by atoms with van der Waals surface area (Å²) in [5.41, 5.74) is -2.26. The minimum atomic E-state index is -4.99. The van der Waals surface area contributed by atoms with E-state index in [-0.39, 0.29) is 11.5 Å². The number of carbonyl (C=O) groups excluding carboxylic acids is 2. The first-order valence-corrected chi connectivity index (χ1v) is 14.9. The summed E-state index contributed by atoms with van der Waals surface area (Å²) >= 11 is 0. The molecule has 0 aromatic carbocycles. The number of halogens is 2. The van der Waals surface area contributed by atoms with Gasteiger partial charge in [-0.2, -0.15) is 0 Å². The number of amidine groups is 1. The predicted octanol–water partition coefficient (Wildman–Crippen LogP) is 4.05. The van der Waals surface area contributed by atoms with Crippen LogP contribution in [0.5, 0.6) is 0 Å². The number of rotatable bonds is 14. The third kappa shape index (κ3) is 8.62. The summed E-state index contributed by atoms with van der Waals surface area (Å²) in [7, 11) is -4.99. The summed E-state index contributed by atoms with van der Waals surface area (Å²) in [5.74, 6) is -2.94. The summed E-state index contributed by atoms with van der Waals surface area (Å²) in [6, 6.07) is 0. The highest BCUT2D eigenvalue weighted by molar-refractivity contribution is 7.48. The number of hydrogen-bond acceptors (Lipinski definition) is 16. The van der Waals surface area contributed by atoms with Gasteiger partial charge in [0.15, 0.2) is 24.4 Å². The van der Waals surface area contributed by atoms with Crippen molar-refractivity contribution in [1.82, 2.24) is 14.9 Å². The second-order valence-corrected chi connectivity index (χ2v) is 11.9. The maximum atomic E-state index is 16.0. The number of nitrogens with one attached hydrogen (secondary N) is 1. The quantitative estimate of drug-likeness (QED) is 0.165. The van der Waals surface area contributed by atoms with E-state index in [1.165, 1.54) is 27.7 Å². The topological polar surface area (TPSA) is 197 Å². The first-order valence-electron chi connectivity index (χ1n) is 13.4. The largest absolute Gasteiger partial charge is 0.510 e. The molecular weight excluding hydrogens is 621 g/mol. The molecule has 1 aromatic heterocycles.